The van der Waals surface area contributed by atoms with Crippen molar-refractivity contribution in [3.63, 3.8) is 0 Å². The Hall–Kier alpha value is -5.17. The molecule has 9 nitrogen and oxygen atoms in total. The molecule has 0 unspecified atom stereocenters. The Morgan fingerprint density at radius 1 is 0.841 bits per heavy atom. The molecular formula is C31H27F3N4O5S. The van der Waals surface area contributed by atoms with Gasteiger partial charge in [-0.15, -0.1) is 0 Å². The number of nitrogens with one attached hydrogen (secondary N) is 2. The Morgan fingerprint density at radius 3 is 2.16 bits per heavy atom. The summed E-state index contributed by atoms with van der Waals surface area (Å²) < 4.78 is 72.8. The SMILES string of the molecule is O=C(COc1ccc(/C=N\NC(=O)CN(c2cccc(C(F)(F)F)c2)S(=O)(=O)c2ccccc2)cc1)NCc1ccccc1. The molecule has 0 aliphatic rings. The minimum Gasteiger partial charge on any atom is -0.484 e. The lowest BCUT2D eigenvalue weighted by atomic mass is 10.2. The quantitative estimate of drug-likeness (QED) is 0.174. The van der Waals surface area contributed by atoms with Crippen LogP contribution in [-0.4, -0.2) is 39.6 Å². The van der Waals surface area contributed by atoms with Crippen LogP contribution in [0.1, 0.15) is 16.7 Å². The van der Waals surface area contributed by atoms with Crippen molar-refractivity contribution in [3.05, 3.63) is 126 Å². The predicted molar refractivity (Wildman–Crippen MR) is 158 cm³/mol. The van der Waals surface area contributed by atoms with Gasteiger partial charge in [-0.3, -0.25) is 13.9 Å². The van der Waals surface area contributed by atoms with Gasteiger partial charge in [0.2, 0.25) is 0 Å². The average Bonchev–Trinajstić information content (AvgIpc) is 3.03. The van der Waals surface area contributed by atoms with Crippen LogP contribution in [0.4, 0.5) is 18.9 Å². The molecule has 0 saturated carbocycles. The van der Waals surface area contributed by atoms with Gasteiger partial charge in [-0.05, 0) is 65.7 Å². The van der Waals surface area contributed by atoms with Gasteiger partial charge in [0.15, 0.2) is 6.61 Å². The van der Waals surface area contributed by atoms with Crippen molar-refractivity contribution in [1.82, 2.24) is 10.7 Å². The van der Waals surface area contributed by atoms with E-state index in [2.05, 4.69) is 15.8 Å². The second-order valence-electron chi connectivity index (χ2n) is 9.29. The van der Waals surface area contributed by atoms with Gasteiger partial charge in [0.1, 0.15) is 12.3 Å². The fourth-order valence-corrected chi connectivity index (χ4v) is 5.30. The molecule has 0 saturated heterocycles. The van der Waals surface area contributed by atoms with E-state index in [9.17, 15) is 31.2 Å². The number of carbonyl (C=O) groups excluding carboxylic acids is 2. The third kappa shape index (κ3) is 8.91. The minimum atomic E-state index is -4.72. The number of amides is 2. The number of halogens is 3. The summed E-state index contributed by atoms with van der Waals surface area (Å²) in [7, 11) is -4.41. The minimum absolute atomic E-state index is 0.190. The van der Waals surface area contributed by atoms with Crippen molar-refractivity contribution in [2.45, 2.75) is 17.6 Å². The van der Waals surface area contributed by atoms with E-state index in [-0.39, 0.29) is 23.1 Å². The number of ether oxygens (including phenoxy) is 1. The molecule has 228 valence electrons. The molecule has 0 spiro atoms. The Kier molecular flexibility index (Phi) is 10.3. The molecule has 4 aromatic rings. The summed E-state index contributed by atoms with van der Waals surface area (Å²) in [6.07, 6.45) is -3.44. The standard InChI is InChI=1S/C31H27F3N4O5S/c32-31(33,34)25-10-7-11-26(18-25)38(44(41,42)28-12-5-2-6-13-28)21-29(39)37-36-20-24-14-16-27(17-15-24)43-22-30(40)35-19-23-8-3-1-4-9-23/h1-18,20H,19,21-22H2,(H,35,40)(H,37,39)/b36-20-. The van der Waals surface area contributed by atoms with Crippen molar-refractivity contribution in [2.24, 2.45) is 5.10 Å². The number of hydrazone groups is 1. The van der Waals surface area contributed by atoms with Crippen molar-refractivity contribution < 1.29 is 35.9 Å². The number of hydrogen-bond donors (Lipinski definition) is 2. The number of nitrogens with zero attached hydrogens (tertiary/aromatic N) is 2. The van der Waals surface area contributed by atoms with Crippen LogP contribution in [0.25, 0.3) is 0 Å². The molecule has 0 aliphatic carbocycles. The highest BCUT2D eigenvalue weighted by Crippen LogP contribution is 2.33. The van der Waals surface area contributed by atoms with Crippen molar-refractivity contribution >= 4 is 33.7 Å². The highest BCUT2D eigenvalue weighted by Gasteiger charge is 2.33. The van der Waals surface area contributed by atoms with Crippen LogP contribution in [0.2, 0.25) is 0 Å². The van der Waals surface area contributed by atoms with Crippen molar-refractivity contribution in [1.29, 1.82) is 0 Å². The predicted octanol–water partition coefficient (Wildman–Crippen LogP) is 4.75. The largest absolute Gasteiger partial charge is 0.484 e. The van der Waals surface area contributed by atoms with Crippen LogP contribution >= 0.6 is 0 Å². The van der Waals surface area contributed by atoms with Crippen LogP contribution < -0.4 is 19.8 Å². The highest BCUT2D eigenvalue weighted by molar-refractivity contribution is 7.92. The first-order chi connectivity index (χ1) is 21.0. The summed E-state index contributed by atoms with van der Waals surface area (Å²) in [4.78, 5) is 24.6. The molecule has 0 aliphatic heterocycles. The van der Waals surface area contributed by atoms with Gasteiger partial charge in [0, 0.05) is 6.54 Å². The van der Waals surface area contributed by atoms with Gasteiger partial charge in [-0.2, -0.15) is 18.3 Å². The van der Waals surface area contributed by atoms with Crippen LogP contribution in [0.3, 0.4) is 0 Å². The normalized spacial score (nSPS) is 11.6. The first-order valence-corrected chi connectivity index (χ1v) is 14.6. The lowest BCUT2D eigenvalue weighted by molar-refractivity contribution is -0.137. The van der Waals surface area contributed by atoms with Gasteiger partial charge in [-0.1, -0.05) is 54.6 Å². The number of rotatable bonds is 12. The van der Waals surface area contributed by atoms with E-state index in [1.165, 1.54) is 36.5 Å². The second-order valence-corrected chi connectivity index (χ2v) is 11.1. The molecule has 2 N–H and O–H groups in total. The Bertz CT molecular complexity index is 1700. The summed E-state index contributed by atoms with van der Waals surface area (Å²) in [6, 6.07) is 26.6. The molecule has 4 rings (SSSR count). The summed E-state index contributed by atoms with van der Waals surface area (Å²) in [5.41, 5.74) is 2.29. The second kappa shape index (κ2) is 14.3. The molecular weight excluding hydrogens is 597 g/mol. The molecule has 0 fully saturated rings. The molecule has 0 radical (unpaired) electrons. The van der Waals surface area contributed by atoms with Crippen LogP contribution in [0, 0.1) is 0 Å². The third-order valence-electron chi connectivity index (χ3n) is 6.07. The van der Waals surface area contributed by atoms with Gasteiger partial charge >= 0.3 is 6.18 Å². The molecule has 0 heterocycles. The van der Waals surface area contributed by atoms with Crippen LogP contribution in [0.5, 0.6) is 5.75 Å². The fraction of sp³-hybridized carbons (Fsp3) is 0.129. The maximum Gasteiger partial charge on any atom is 0.416 e. The van der Waals surface area contributed by atoms with E-state index in [1.807, 2.05) is 30.3 Å². The van der Waals surface area contributed by atoms with E-state index in [1.54, 1.807) is 30.3 Å². The average molecular weight is 625 g/mol. The number of carbonyl (C=O) groups is 2. The van der Waals surface area contributed by atoms with Crippen LogP contribution in [0.15, 0.2) is 119 Å². The number of alkyl halides is 3. The summed E-state index contributed by atoms with van der Waals surface area (Å²) in [5.74, 6) is -0.765. The first-order valence-electron chi connectivity index (χ1n) is 13.1. The van der Waals surface area contributed by atoms with Gasteiger partial charge in [0.25, 0.3) is 21.8 Å². The first kappa shape index (κ1) is 31.8. The monoisotopic (exact) mass is 624 g/mol. The lowest BCUT2D eigenvalue weighted by Gasteiger charge is -2.24. The molecule has 0 aromatic heterocycles. The third-order valence-corrected chi connectivity index (χ3v) is 7.85. The topological polar surface area (TPSA) is 117 Å². The van der Waals surface area contributed by atoms with Crippen LogP contribution in [-0.2, 0) is 32.3 Å². The molecule has 2 amide bonds. The Labute approximate surface area is 252 Å². The smallest absolute Gasteiger partial charge is 0.416 e. The van der Waals surface area contributed by atoms with E-state index >= 15 is 0 Å². The maximum atomic E-state index is 13.3. The summed E-state index contributed by atoms with van der Waals surface area (Å²) in [5, 5.41) is 6.58. The zero-order valence-corrected chi connectivity index (χ0v) is 23.9. The molecule has 0 bridgehead atoms. The Morgan fingerprint density at radius 2 is 1.50 bits per heavy atom. The Balaban J connectivity index is 1.36. The molecule has 0 atom stereocenters. The van der Waals surface area contributed by atoms with Gasteiger partial charge in [-0.25, -0.2) is 13.8 Å². The van der Waals surface area contributed by atoms with Crippen molar-refractivity contribution in [3.8, 4) is 5.75 Å². The van der Waals surface area contributed by atoms with Gasteiger partial charge < -0.3 is 10.1 Å². The molecule has 4 aromatic carbocycles. The number of sulfonamides is 1. The zero-order chi connectivity index (χ0) is 31.6. The van der Waals surface area contributed by atoms with E-state index < -0.39 is 34.2 Å². The zero-order valence-electron chi connectivity index (χ0n) is 23.1. The van der Waals surface area contributed by atoms with E-state index in [0.29, 0.717) is 28.2 Å². The fourth-order valence-electron chi connectivity index (χ4n) is 3.86. The highest BCUT2D eigenvalue weighted by atomic mass is 32.2. The van der Waals surface area contributed by atoms with E-state index in [0.717, 1.165) is 17.7 Å². The van der Waals surface area contributed by atoms with E-state index in [4.69, 9.17) is 4.74 Å². The molecule has 13 heteroatoms. The number of benzene rings is 4. The molecule has 44 heavy (non-hydrogen) atoms. The summed E-state index contributed by atoms with van der Waals surface area (Å²) >= 11 is 0. The number of anilines is 1. The summed E-state index contributed by atoms with van der Waals surface area (Å²) in [6.45, 7) is -0.653. The van der Waals surface area contributed by atoms with Crippen molar-refractivity contribution in [2.75, 3.05) is 17.5 Å². The lowest BCUT2D eigenvalue weighted by Crippen LogP contribution is -2.39. The van der Waals surface area contributed by atoms with Gasteiger partial charge in [0.05, 0.1) is 22.4 Å². The maximum absolute atomic E-state index is 13.3. The number of hydrogen-bond acceptors (Lipinski definition) is 6.